The zero-order valence-electron chi connectivity index (χ0n) is 15.1. The van der Waals surface area contributed by atoms with Gasteiger partial charge in [0.1, 0.15) is 0 Å². The lowest BCUT2D eigenvalue weighted by Crippen LogP contribution is -2.21. The minimum absolute atomic E-state index is 0.0256. The fourth-order valence-corrected chi connectivity index (χ4v) is 3.42. The van der Waals surface area contributed by atoms with Crippen LogP contribution in [-0.4, -0.2) is 21.8 Å². The molecule has 1 amide bonds. The van der Waals surface area contributed by atoms with Crippen LogP contribution in [0, 0.1) is 25.7 Å². The highest BCUT2D eigenvalue weighted by atomic mass is 32.1. The summed E-state index contributed by atoms with van der Waals surface area (Å²) in [5.41, 5.74) is 1.13. The van der Waals surface area contributed by atoms with Gasteiger partial charge in [0.25, 0.3) is 0 Å². The molecule has 3 aromatic rings. The van der Waals surface area contributed by atoms with Gasteiger partial charge in [-0.3, -0.25) is 9.20 Å². The van der Waals surface area contributed by atoms with Crippen molar-refractivity contribution in [3.05, 3.63) is 63.9 Å². The first kappa shape index (κ1) is 19.7. The molecule has 2 heterocycles. The van der Waals surface area contributed by atoms with Crippen molar-refractivity contribution < 1.29 is 18.0 Å². The Hall–Kier alpha value is -3.05. The van der Waals surface area contributed by atoms with Gasteiger partial charge in [0.2, 0.25) is 5.91 Å². The van der Waals surface area contributed by atoms with Crippen molar-refractivity contribution in [1.29, 1.82) is 0 Å². The number of alkyl halides is 3. The number of halogens is 3. The summed E-state index contributed by atoms with van der Waals surface area (Å²) >= 11 is 1.57. The molecular formula is C20H16F3N3OS. The summed E-state index contributed by atoms with van der Waals surface area (Å²) in [5.74, 6) is 4.92. The number of carbonyl (C=O) groups excluding carboxylic acids is 1. The van der Waals surface area contributed by atoms with Crippen molar-refractivity contribution in [3.8, 4) is 11.8 Å². The van der Waals surface area contributed by atoms with Gasteiger partial charge in [-0.2, -0.15) is 13.2 Å². The largest absolute Gasteiger partial charge is 0.416 e. The number of imidazole rings is 1. The van der Waals surface area contributed by atoms with E-state index in [1.165, 1.54) is 18.2 Å². The van der Waals surface area contributed by atoms with Crippen molar-refractivity contribution >= 4 is 28.3 Å². The van der Waals surface area contributed by atoms with Crippen molar-refractivity contribution in [3.63, 3.8) is 0 Å². The average molecular weight is 403 g/mol. The average Bonchev–Trinajstić information content (AvgIpc) is 3.11. The number of hydrogen-bond donors (Lipinski definition) is 1. The number of aromatic nitrogens is 2. The lowest BCUT2D eigenvalue weighted by atomic mass is 10.1. The Morgan fingerprint density at radius 1 is 1.36 bits per heavy atom. The third-order valence-electron chi connectivity index (χ3n) is 3.83. The molecule has 0 atom stereocenters. The standard InChI is InChI=1S/C20H16F3N3OS/c1-13-12-26-17(14(2)25-19(26)28-13)8-9-18(27)24-10-4-6-15-5-3-7-16(11-15)20(21,22)23/h3,5,7-9,11-12H,10H2,1-2H3,(H,24,27)/b9-8+. The molecule has 4 nitrogen and oxygen atoms in total. The fourth-order valence-electron chi connectivity index (χ4n) is 2.55. The van der Waals surface area contributed by atoms with E-state index in [9.17, 15) is 18.0 Å². The molecule has 0 bridgehead atoms. The lowest BCUT2D eigenvalue weighted by molar-refractivity contribution is -0.137. The summed E-state index contributed by atoms with van der Waals surface area (Å²) in [6.07, 6.45) is 0.611. The molecule has 0 fully saturated rings. The first-order valence-electron chi connectivity index (χ1n) is 8.31. The summed E-state index contributed by atoms with van der Waals surface area (Å²) in [6, 6.07) is 4.75. The van der Waals surface area contributed by atoms with E-state index in [4.69, 9.17) is 0 Å². The minimum atomic E-state index is -4.41. The minimum Gasteiger partial charge on any atom is -0.342 e. The van der Waals surface area contributed by atoms with Crippen molar-refractivity contribution in [2.45, 2.75) is 20.0 Å². The van der Waals surface area contributed by atoms with Gasteiger partial charge in [0, 0.05) is 22.7 Å². The van der Waals surface area contributed by atoms with Crippen LogP contribution in [0.15, 0.2) is 36.5 Å². The van der Waals surface area contributed by atoms with E-state index < -0.39 is 11.7 Å². The molecule has 144 valence electrons. The summed E-state index contributed by atoms with van der Waals surface area (Å²) in [7, 11) is 0. The molecule has 2 aromatic heterocycles. The van der Waals surface area contributed by atoms with Gasteiger partial charge >= 0.3 is 6.18 Å². The van der Waals surface area contributed by atoms with Gasteiger partial charge < -0.3 is 5.32 Å². The highest BCUT2D eigenvalue weighted by Gasteiger charge is 2.30. The maximum absolute atomic E-state index is 12.7. The van der Waals surface area contributed by atoms with Crippen LogP contribution in [0.5, 0.6) is 0 Å². The van der Waals surface area contributed by atoms with E-state index in [1.54, 1.807) is 17.4 Å². The molecule has 0 radical (unpaired) electrons. The van der Waals surface area contributed by atoms with Crippen LogP contribution >= 0.6 is 11.3 Å². The van der Waals surface area contributed by atoms with Crippen LogP contribution < -0.4 is 5.32 Å². The Balaban J connectivity index is 1.60. The number of amides is 1. The van der Waals surface area contributed by atoms with Crippen LogP contribution in [0.2, 0.25) is 0 Å². The van der Waals surface area contributed by atoms with E-state index in [-0.39, 0.29) is 18.0 Å². The summed E-state index contributed by atoms with van der Waals surface area (Å²) in [6.45, 7) is 3.88. The van der Waals surface area contributed by atoms with Gasteiger partial charge in [0.05, 0.1) is 23.5 Å². The smallest absolute Gasteiger partial charge is 0.342 e. The molecule has 0 aliphatic heterocycles. The number of aryl methyl sites for hydroxylation is 2. The van der Waals surface area contributed by atoms with Gasteiger partial charge in [-0.05, 0) is 38.1 Å². The second-order valence-corrected chi connectivity index (χ2v) is 7.22. The molecular weight excluding hydrogens is 387 g/mol. The molecule has 8 heteroatoms. The number of benzene rings is 1. The Labute approximate surface area is 163 Å². The Morgan fingerprint density at radius 2 is 2.14 bits per heavy atom. The van der Waals surface area contributed by atoms with Crippen molar-refractivity contribution in [1.82, 2.24) is 14.7 Å². The summed E-state index contributed by atoms with van der Waals surface area (Å²) < 4.78 is 39.9. The number of nitrogens with zero attached hydrogens (tertiary/aromatic N) is 2. The highest BCUT2D eigenvalue weighted by Crippen LogP contribution is 2.29. The molecule has 3 rings (SSSR count). The lowest BCUT2D eigenvalue weighted by Gasteiger charge is -2.05. The van der Waals surface area contributed by atoms with Crippen molar-refractivity contribution in [2.24, 2.45) is 0 Å². The SMILES string of the molecule is Cc1cn2c(/C=C/C(=O)NCC#Cc3cccc(C(F)(F)F)c3)c(C)nc2s1. The van der Waals surface area contributed by atoms with Gasteiger partial charge in [-0.25, -0.2) is 4.98 Å². The number of fused-ring (bicyclic) bond motifs is 1. The van der Waals surface area contributed by atoms with E-state index in [2.05, 4.69) is 22.1 Å². The highest BCUT2D eigenvalue weighted by molar-refractivity contribution is 7.17. The normalized spacial score (nSPS) is 11.6. The summed E-state index contributed by atoms with van der Waals surface area (Å²) in [4.78, 5) is 18.4. The predicted molar refractivity (Wildman–Crippen MR) is 103 cm³/mol. The third-order valence-corrected chi connectivity index (χ3v) is 4.73. The van der Waals surface area contributed by atoms with Gasteiger partial charge in [0.15, 0.2) is 4.96 Å². The maximum atomic E-state index is 12.7. The Bertz CT molecular complexity index is 1110. The van der Waals surface area contributed by atoms with Crippen LogP contribution in [0.25, 0.3) is 11.0 Å². The van der Waals surface area contributed by atoms with Gasteiger partial charge in [-0.1, -0.05) is 17.9 Å². The Kier molecular flexibility index (Phi) is 5.56. The first-order valence-corrected chi connectivity index (χ1v) is 9.13. The molecule has 0 aliphatic carbocycles. The van der Waals surface area contributed by atoms with Crippen LogP contribution in [0.3, 0.4) is 0 Å². The van der Waals surface area contributed by atoms with Gasteiger partial charge in [-0.15, -0.1) is 11.3 Å². The molecule has 0 unspecified atom stereocenters. The summed E-state index contributed by atoms with van der Waals surface area (Å²) in [5, 5.41) is 2.58. The molecule has 28 heavy (non-hydrogen) atoms. The molecule has 1 N–H and O–H groups in total. The predicted octanol–water partition coefficient (Wildman–Crippen LogP) is 4.21. The number of thiazole rings is 1. The molecule has 0 spiro atoms. The maximum Gasteiger partial charge on any atom is 0.416 e. The number of carbonyl (C=O) groups is 1. The zero-order valence-corrected chi connectivity index (χ0v) is 15.9. The van der Waals surface area contributed by atoms with Crippen LogP contribution in [0.4, 0.5) is 13.2 Å². The quantitative estimate of drug-likeness (QED) is 0.526. The molecule has 1 aromatic carbocycles. The van der Waals surface area contributed by atoms with E-state index in [1.807, 2.05) is 24.4 Å². The van der Waals surface area contributed by atoms with Crippen molar-refractivity contribution in [2.75, 3.05) is 6.54 Å². The number of rotatable bonds is 3. The first-order chi connectivity index (χ1) is 13.2. The number of hydrogen-bond acceptors (Lipinski definition) is 3. The second kappa shape index (κ2) is 7.90. The van der Waals surface area contributed by atoms with E-state index in [0.717, 1.165) is 33.4 Å². The van der Waals surface area contributed by atoms with E-state index >= 15 is 0 Å². The second-order valence-electron chi connectivity index (χ2n) is 6.01. The third kappa shape index (κ3) is 4.61. The Morgan fingerprint density at radius 3 is 2.89 bits per heavy atom. The number of nitrogens with one attached hydrogen (secondary N) is 1. The molecule has 0 saturated carbocycles. The van der Waals surface area contributed by atoms with E-state index in [0.29, 0.717) is 0 Å². The zero-order chi connectivity index (χ0) is 20.3. The monoisotopic (exact) mass is 403 g/mol. The van der Waals surface area contributed by atoms with Crippen LogP contribution in [-0.2, 0) is 11.0 Å². The fraction of sp³-hybridized carbons (Fsp3) is 0.200. The molecule has 0 saturated heterocycles. The topological polar surface area (TPSA) is 46.4 Å². The van der Waals surface area contributed by atoms with Crippen LogP contribution in [0.1, 0.15) is 27.4 Å². The molecule has 0 aliphatic rings.